The molecule has 0 aliphatic carbocycles. The Labute approximate surface area is 112 Å². The predicted molar refractivity (Wildman–Crippen MR) is 71.4 cm³/mol. The van der Waals surface area contributed by atoms with Crippen molar-refractivity contribution in [2.24, 2.45) is 5.73 Å². The van der Waals surface area contributed by atoms with Crippen LogP contribution in [0.4, 0.5) is 5.69 Å². The molecule has 1 amide bonds. The van der Waals surface area contributed by atoms with E-state index in [0.29, 0.717) is 22.5 Å². The van der Waals surface area contributed by atoms with E-state index >= 15 is 0 Å². The molecule has 1 aromatic carbocycles. The number of anilines is 1. The molecule has 0 bridgehead atoms. The van der Waals surface area contributed by atoms with Gasteiger partial charge in [0.05, 0.1) is 12.1 Å². The Kier molecular flexibility index (Phi) is 2.88. The second kappa shape index (κ2) is 4.71. The summed E-state index contributed by atoms with van der Waals surface area (Å²) in [6.07, 6.45) is 0. The lowest BCUT2D eigenvalue weighted by molar-refractivity contribution is 0.0995. The van der Waals surface area contributed by atoms with Gasteiger partial charge in [-0.15, -0.1) is 0 Å². The van der Waals surface area contributed by atoms with Crippen molar-refractivity contribution in [2.75, 3.05) is 5.32 Å². The number of rotatable bonds is 3. The third-order valence-electron chi connectivity index (χ3n) is 2.76. The lowest BCUT2D eigenvalue weighted by Gasteiger charge is -2.02. The third-order valence-corrected chi connectivity index (χ3v) is 2.76. The molecule has 0 unspecified atom stereocenters. The number of oxazole rings is 1. The summed E-state index contributed by atoms with van der Waals surface area (Å²) in [4.78, 5) is 25.5. The molecule has 0 aliphatic rings. The Morgan fingerprint density at radius 3 is 2.85 bits per heavy atom. The third kappa shape index (κ3) is 2.21. The molecule has 2 heterocycles. The number of hydrogen-bond donors (Lipinski definition) is 3. The molecule has 0 saturated heterocycles. The monoisotopic (exact) mass is 273 g/mol. The second-order valence-electron chi connectivity index (χ2n) is 4.15. The number of nitrogens with two attached hydrogens (primary N) is 1. The first kappa shape index (κ1) is 12.2. The molecule has 0 aliphatic heterocycles. The highest BCUT2D eigenvalue weighted by molar-refractivity contribution is 6.03. The first-order chi connectivity index (χ1) is 9.65. The van der Waals surface area contributed by atoms with Gasteiger partial charge in [0.2, 0.25) is 0 Å². The maximum absolute atomic E-state index is 11.9. The fourth-order valence-electron chi connectivity index (χ4n) is 1.83. The van der Waals surface area contributed by atoms with Crippen molar-refractivity contribution in [3.63, 3.8) is 0 Å². The number of aromatic nitrogens is 1. The van der Waals surface area contributed by atoms with Crippen molar-refractivity contribution in [3.8, 4) is 0 Å². The molecule has 0 atom stereocenters. The van der Waals surface area contributed by atoms with Gasteiger partial charge in [-0.05, 0) is 30.3 Å². The Bertz CT molecular complexity index is 827. The second-order valence-corrected chi connectivity index (χ2v) is 4.15. The van der Waals surface area contributed by atoms with Gasteiger partial charge in [0.1, 0.15) is 5.76 Å². The molecule has 102 valence electrons. The fraction of sp³-hybridized carbons (Fsp3) is 0.0769. The smallest absolute Gasteiger partial charge is 0.417 e. The van der Waals surface area contributed by atoms with Crippen molar-refractivity contribution < 1.29 is 13.6 Å². The van der Waals surface area contributed by atoms with Crippen LogP contribution in [0.3, 0.4) is 0 Å². The van der Waals surface area contributed by atoms with Gasteiger partial charge in [-0.3, -0.25) is 9.78 Å². The van der Waals surface area contributed by atoms with E-state index in [4.69, 9.17) is 14.6 Å². The molecule has 20 heavy (non-hydrogen) atoms. The summed E-state index contributed by atoms with van der Waals surface area (Å²) < 4.78 is 10.1. The zero-order valence-corrected chi connectivity index (χ0v) is 10.3. The maximum Gasteiger partial charge on any atom is 0.417 e. The number of fused-ring (bicyclic) bond motifs is 1. The fourth-order valence-corrected chi connectivity index (χ4v) is 1.83. The minimum absolute atomic E-state index is 0.172. The van der Waals surface area contributed by atoms with Gasteiger partial charge in [-0.25, -0.2) is 4.79 Å². The molecule has 0 radical (unpaired) electrons. The summed E-state index contributed by atoms with van der Waals surface area (Å²) >= 11 is 0. The number of aromatic amines is 1. The molecule has 4 N–H and O–H groups in total. The van der Waals surface area contributed by atoms with Crippen molar-refractivity contribution in [1.29, 1.82) is 0 Å². The lowest BCUT2D eigenvalue weighted by atomic mass is 10.3. The van der Waals surface area contributed by atoms with Gasteiger partial charge in [-0.1, -0.05) is 0 Å². The van der Waals surface area contributed by atoms with E-state index < -0.39 is 11.7 Å². The highest BCUT2D eigenvalue weighted by Gasteiger charge is 2.11. The van der Waals surface area contributed by atoms with Crippen molar-refractivity contribution in [3.05, 3.63) is 52.4 Å². The number of carbonyl (C=O) groups excluding carboxylic acids is 1. The number of amides is 1. The average molecular weight is 273 g/mol. The van der Waals surface area contributed by atoms with Crippen LogP contribution in [0, 0.1) is 0 Å². The Morgan fingerprint density at radius 2 is 2.10 bits per heavy atom. The van der Waals surface area contributed by atoms with E-state index in [2.05, 4.69) is 10.3 Å². The van der Waals surface area contributed by atoms with Crippen LogP contribution in [-0.2, 0) is 6.54 Å². The molecule has 2 aromatic heterocycles. The molecule has 7 heteroatoms. The minimum Gasteiger partial charge on any atom is -0.455 e. The molecule has 7 nitrogen and oxygen atoms in total. The van der Waals surface area contributed by atoms with E-state index in [9.17, 15) is 9.59 Å². The number of furan rings is 1. The number of H-pyrrole nitrogens is 1. The van der Waals surface area contributed by atoms with Crippen LogP contribution in [0.2, 0.25) is 0 Å². The van der Waals surface area contributed by atoms with E-state index in [1.807, 2.05) is 0 Å². The number of hydrogen-bond acceptors (Lipinski definition) is 5. The van der Waals surface area contributed by atoms with Gasteiger partial charge in [-0.2, -0.15) is 0 Å². The molecule has 3 aromatic rings. The van der Waals surface area contributed by atoms with Gasteiger partial charge >= 0.3 is 5.76 Å². The van der Waals surface area contributed by atoms with Crippen molar-refractivity contribution >= 4 is 22.7 Å². The Morgan fingerprint density at radius 1 is 1.25 bits per heavy atom. The lowest BCUT2D eigenvalue weighted by Crippen LogP contribution is -2.10. The van der Waals surface area contributed by atoms with E-state index in [-0.39, 0.29) is 12.3 Å². The normalized spacial score (nSPS) is 10.8. The summed E-state index contributed by atoms with van der Waals surface area (Å²) in [6.45, 7) is 0.232. The first-order valence-electron chi connectivity index (χ1n) is 5.89. The van der Waals surface area contributed by atoms with Crippen LogP contribution in [0.25, 0.3) is 11.1 Å². The van der Waals surface area contributed by atoms with Crippen LogP contribution in [0.1, 0.15) is 16.3 Å². The SMILES string of the molecule is NCc1ccc(C(=O)Nc2ccc3oc(=O)[nH]c3c2)o1. The van der Waals surface area contributed by atoms with Crippen LogP contribution in [0.5, 0.6) is 0 Å². The van der Waals surface area contributed by atoms with Crippen LogP contribution in [0.15, 0.2) is 44.0 Å². The van der Waals surface area contributed by atoms with E-state index in [1.54, 1.807) is 30.3 Å². The van der Waals surface area contributed by atoms with Crippen molar-refractivity contribution in [1.82, 2.24) is 4.98 Å². The Hall–Kier alpha value is -2.80. The Balaban J connectivity index is 1.84. The minimum atomic E-state index is -0.540. The maximum atomic E-state index is 11.9. The first-order valence-corrected chi connectivity index (χ1v) is 5.89. The zero-order valence-electron chi connectivity index (χ0n) is 10.3. The average Bonchev–Trinajstić information content (AvgIpc) is 3.03. The van der Waals surface area contributed by atoms with E-state index in [0.717, 1.165) is 0 Å². The molecular formula is C13H11N3O4. The molecular weight excluding hydrogens is 262 g/mol. The molecule has 0 spiro atoms. The topological polar surface area (TPSA) is 114 Å². The molecule has 0 saturated carbocycles. The van der Waals surface area contributed by atoms with Crippen LogP contribution in [-0.4, -0.2) is 10.9 Å². The summed E-state index contributed by atoms with van der Waals surface area (Å²) in [6, 6.07) is 8.02. The standard InChI is InChI=1S/C13H11N3O4/c14-6-8-2-4-11(19-8)12(17)15-7-1-3-10-9(5-7)16-13(18)20-10/h1-5H,6,14H2,(H,15,17)(H,16,18). The molecule has 0 fully saturated rings. The predicted octanol–water partition coefficient (Wildman–Crippen LogP) is 1.43. The quantitative estimate of drug-likeness (QED) is 0.667. The summed E-state index contributed by atoms with van der Waals surface area (Å²) in [5, 5.41) is 2.66. The van der Waals surface area contributed by atoms with E-state index in [1.165, 1.54) is 0 Å². The van der Waals surface area contributed by atoms with Crippen LogP contribution >= 0.6 is 0 Å². The van der Waals surface area contributed by atoms with Gasteiger partial charge in [0, 0.05) is 5.69 Å². The molecule has 3 rings (SSSR count). The largest absolute Gasteiger partial charge is 0.455 e. The summed E-state index contributed by atoms with van der Waals surface area (Å²) in [7, 11) is 0. The highest BCUT2D eigenvalue weighted by Crippen LogP contribution is 2.17. The van der Waals surface area contributed by atoms with Gasteiger partial charge in [0.15, 0.2) is 11.3 Å². The number of nitrogens with one attached hydrogen (secondary N) is 2. The highest BCUT2D eigenvalue weighted by atomic mass is 16.4. The zero-order chi connectivity index (χ0) is 14.1. The summed E-state index contributed by atoms with van der Waals surface area (Å²) in [5.41, 5.74) is 6.87. The number of carbonyl (C=O) groups is 1. The van der Waals surface area contributed by atoms with Crippen molar-refractivity contribution in [2.45, 2.75) is 6.54 Å². The van der Waals surface area contributed by atoms with Gasteiger partial charge in [0.25, 0.3) is 5.91 Å². The van der Waals surface area contributed by atoms with Crippen LogP contribution < -0.4 is 16.8 Å². The number of benzene rings is 1. The van der Waals surface area contributed by atoms with Gasteiger partial charge < -0.3 is 19.9 Å². The summed E-state index contributed by atoms with van der Waals surface area (Å²) in [5.74, 6) is -0.229.